The van der Waals surface area contributed by atoms with E-state index in [-0.39, 0.29) is 17.4 Å². The van der Waals surface area contributed by atoms with Crippen LogP contribution in [0.25, 0.3) is 11.3 Å². The minimum absolute atomic E-state index is 0.143. The van der Waals surface area contributed by atoms with Crippen LogP contribution in [0.5, 0.6) is 0 Å². The quantitative estimate of drug-likeness (QED) is 0.670. The van der Waals surface area contributed by atoms with Gasteiger partial charge in [0.25, 0.3) is 5.56 Å². The van der Waals surface area contributed by atoms with Crippen molar-refractivity contribution in [2.45, 2.75) is 31.7 Å². The molecule has 21 heavy (non-hydrogen) atoms. The molecule has 1 heterocycles. The Morgan fingerprint density at radius 2 is 1.76 bits per heavy atom. The van der Waals surface area contributed by atoms with Gasteiger partial charge in [0.1, 0.15) is 5.84 Å². The monoisotopic (exact) mass is 281 g/mol. The van der Waals surface area contributed by atoms with Gasteiger partial charge in [-0.15, -0.1) is 0 Å². The first kappa shape index (κ1) is 13.6. The predicted molar refractivity (Wildman–Crippen MR) is 84.7 cm³/mol. The van der Waals surface area contributed by atoms with Crippen molar-refractivity contribution in [3.63, 3.8) is 0 Å². The number of nitrogen functional groups attached to an aromatic ring is 1. The number of nitrogens with one attached hydrogen (secondary N) is 1. The molecule has 4 nitrogen and oxygen atoms in total. The molecule has 0 atom stereocenters. The summed E-state index contributed by atoms with van der Waals surface area (Å²) >= 11 is 0. The van der Waals surface area contributed by atoms with Crippen LogP contribution < -0.4 is 11.3 Å². The van der Waals surface area contributed by atoms with E-state index in [2.05, 4.69) is 0 Å². The van der Waals surface area contributed by atoms with Crippen molar-refractivity contribution in [2.24, 2.45) is 5.73 Å². The van der Waals surface area contributed by atoms with Gasteiger partial charge in [-0.3, -0.25) is 10.2 Å². The van der Waals surface area contributed by atoms with E-state index in [1.54, 1.807) is 6.07 Å². The van der Waals surface area contributed by atoms with Crippen LogP contribution >= 0.6 is 0 Å². The maximum Gasteiger partial charge on any atom is 0.262 e. The highest BCUT2D eigenvalue weighted by atomic mass is 16.1. The molecule has 4 heteroatoms. The Balaban J connectivity index is 2.22. The van der Waals surface area contributed by atoms with Gasteiger partial charge in [0, 0.05) is 6.04 Å². The van der Waals surface area contributed by atoms with Crippen LogP contribution in [0.2, 0.25) is 0 Å². The Morgan fingerprint density at radius 3 is 2.38 bits per heavy atom. The first-order valence-corrected chi connectivity index (χ1v) is 7.34. The first-order valence-electron chi connectivity index (χ1n) is 7.34. The highest BCUT2D eigenvalue weighted by molar-refractivity contribution is 5.94. The maximum absolute atomic E-state index is 12.7. The molecule has 1 aliphatic carbocycles. The maximum atomic E-state index is 12.7. The predicted octanol–water partition coefficient (Wildman–Crippen LogP) is 2.91. The third-order valence-corrected chi connectivity index (χ3v) is 4.17. The van der Waals surface area contributed by atoms with Crippen molar-refractivity contribution in [1.29, 1.82) is 5.41 Å². The number of aromatic nitrogens is 1. The van der Waals surface area contributed by atoms with E-state index in [1.807, 2.05) is 41.0 Å². The standard InChI is InChI=1S/C17H19N3O/c18-16(19)14-10-11-15(12-6-2-1-3-7-12)20(17(14)21)13-8-4-5-9-13/h1-3,6-7,10-11,13H,4-5,8-9H2,(H3,18,19). The number of benzene rings is 1. The minimum atomic E-state index is -0.161. The van der Waals surface area contributed by atoms with Gasteiger partial charge in [0.2, 0.25) is 0 Å². The Bertz CT molecular complexity index is 713. The number of nitrogens with zero attached hydrogens (tertiary/aromatic N) is 1. The van der Waals surface area contributed by atoms with Crippen molar-refractivity contribution >= 4 is 5.84 Å². The van der Waals surface area contributed by atoms with Crippen LogP contribution in [0.4, 0.5) is 0 Å². The molecule has 0 radical (unpaired) electrons. The molecule has 1 aromatic heterocycles. The van der Waals surface area contributed by atoms with E-state index in [9.17, 15) is 4.79 Å². The molecule has 1 fully saturated rings. The van der Waals surface area contributed by atoms with E-state index in [4.69, 9.17) is 11.1 Å². The van der Waals surface area contributed by atoms with Crippen LogP contribution in [0.15, 0.2) is 47.3 Å². The molecule has 0 amide bonds. The fourth-order valence-electron chi connectivity index (χ4n) is 3.13. The van der Waals surface area contributed by atoms with E-state index in [0.29, 0.717) is 5.56 Å². The molecule has 0 saturated heterocycles. The SMILES string of the molecule is N=C(N)c1ccc(-c2ccccc2)n(C2CCCC2)c1=O. The third-order valence-electron chi connectivity index (χ3n) is 4.17. The molecule has 3 rings (SSSR count). The average Bonchev–Trinajstić information content (AvgIpc) is 3.01. The molecule has 1 aliphatic rings. The van der Waals surface area contributed by atoms with Crippen LogP contribution in [-0.2, 0) is 0 Å². The smallest absolute Gasteiger partial charge is 0.262 e. The van der Waals surface area contributed by atoms with Gasteiger partial charge in [0.05, 0.1) is 11.3 Å². The zero-order chi connectivity index (χ0) is 14.8. The fourth-order valence-corrected chi connectivity index (χ4v) is 3.13. The van der Waals surface area contributed by atoms with Crippen LogP contribution in [-0.4, -0.2) is 10.4 Å². The van der Waals surface area contributed by atoms with Crippen molar-refractivity contribution in [1.82, 2.24) is 4.57 Å². The lowest BCUT2D eigenvalue weighted by Gasteiger charge is -2.20. The molecule has 1 aromatic carbocycles. The molecule has 0 unspecified atom stereocenters. The molecule has 2 aromatic rings. The van der Waals surface area contributed by atoms with Crippen molar-refractivity contribution in [3.8, 4) is 11.3 Å². The Labute approximate surface area is 123 Å². The lowest BCUT2D eigenvalue weighted by molar-refractivity contribution is 0.507. The first-order chi connectivity index (χ1) is 10.2. The lowest BCUT2D eigenvalue weighted by Crippen LogP contribution is -2.32. The Morgan fingerprint density at radius 1 is 1.10 bits per heavy atom. The van der Waals surface area contributed by atoms with E-state index < -0.39 is 0 Å². The number of rotatable bonds is 3. The number of amidine groups is 1. The summed E-state index contributed by atoms with van der Waals surface area (Å²) in [5.41, 5.74) is 7.63. The van der Waals surface area contributed by atoms with Gasteiger partial charge in [-0.1, -0.05) is 43.2 Å². The third kappa shape index (κ3) is 2.49. The Kier molecular flexibility index (Phi) is 3.60. The second-order valence-corrected chi connectivity index (χ2v) is 5.53. The van der Waals surface area contributed by atoms with Crippen molar-refractivity contribution in [3.05, 3.63) is 58.4 Å². The summed E-state index contributed by atoms with van der Waals surface area (Å²) < 4.78 is 1.85. The number of nitrogens with two attached hydrogens (primary N) is 1. The van der Waals surface area contributed by atoms with E-state index >= 15 is 0 Å². The lowest BCUT2D eigenvalue weighted by atomic mass is 10.1. The molecule has 0 spiro atoms. The van der Waals surface area contributed by atoms with E-state index in [0.717, 1.165) is 36.9 Å². The number of hydrogen-bond acceptors (Lipinski definition) is 2. The topological polar surface area (TPSA) is 71.9 Å². The largest absolute Gasteiger partial charge is 0.384 e. The normalized spacial score (nSPS) is 15.2. The number of pyridine rings is 1. The summed E-state index contributed by atoms with van der Waals surface area (Å²) in [4.78, 5) is 12.7. The molecule has 0 aliphatic heterocycles. The summed E-state index contributed by atoms with van der Waals surface area (Å²) in [7, 11) is 0. The zero-order valence-corrected chi connectivity index (χ0v) is 11.9. The molecular formula is C17H19N3O. The molecule has 1 saturated carbocycles. The van der Waals surface area contributed by atoms with Gasteiger partial charge < -0.3 is 10.3 Å². The van der Waals surface area contributed by atoms with Crippen molar-refractivity contribution in [2.75, 3.05) is 0 Å². The summed E-state index contributed by atoms with van der Waals surface area (Å²) in [5, 5.41) is 7.58. The average molecular weight is 281 g/mol. The van der Waals surface area contributed by atoms with Crippen LogP contribution in [0.3, 0.4) is 0 Å². The van der Waals surface area contributed by atoms with Crippen LogP contribution in [0, 0.1) is 5.41 Å². The second kappa shape index (κ2) is 5.56. The second-order valence-electron chi connectivity index (χ2n) is 5.53. The molecular weight excluding hydrogens is 262 g/mol. The summed E-state index contributed by atoms with van der Waals surface area (Å²) in [6, 6.07) is 13.7. The molecule has 3 N–H and O–H groups in total. The van der Waals surface area contributed by atoms with Crippen molar-refractivity contribution < 1.29 is 0 Å². The van der Waals surface area contributed by atoms with E-state index in [1.165, 1.54) is 0 Å². The van der Waals surface area contributed by atoms with Crippen LogP contribution in [0.1, 0.15) is 37.3 Å². The Hall–Kier alpha value is -2.36. The molecule has 0 bridgehead atoms. The molecule has 108 valence electrons. The van der Waals surface area contributed by atoms with Gasteiger partial charge in [0.15, 0.2) is 0 Å². The van der Waals surface area contributed by atoms with Gasteiger partial charge in [-0.25, -0.2) is 0 Å². The summed E-state index contributed by atoms with van der Waals surface area (Å²) in [6.07, 6.45) is 4.33. The highest BCUT2D eigenvalue weighted by Gasteiger charge is 2.22. The van der Waals surface area contributed by atoms with Gasteiger partial charge in [-0.2, -0.15) is 0 Å². The highest BCUT2D eigenvalue weighted by Crippen LogP contribution is 2.32. The summed E-state index contributed by atoms with van der Waals surface area (Å²) in [6.45, 7) is 0. The zero-order valence-electron chi connectivity index (χ0n) is 11.9. The minimum Gasteiger partial charge on any atom is -0.384 e. The van der Waals surface area contributed by atoms with Gasteiger partial charge in [-0.05, 0) is 30.5 Å². The van der Waals surface area contributed by atoms with Gasteiger partial charge >= 0.3 is 0 Å². The fraction of sp³-hybridized carbons (Fsp3) is 0.294. The number of hydrogen-bond donors (Lipinski definition) is 2. The summed E-state index contributed by atoms with van der Waals surface area (Å²) in [5.74, 6) is -0.161.